The first-order chi connectivity index (χ1) is 13.6. The molecule has 1 N–H and O–H groups in total. The SMILES string of the molecule is O=C(NCC(=O)N1CCC(C(=O)N2CCCCCC2)CC1)c1ccccc1F. The zero-order valence-electron chi connectivity index (χ0n) is 16.2. The van der Waals surface area contributed by atoms with E-state index in [1.165, 1.54) is 31.0 Å². The lowest BCUT2D eigenvalue weighted by molar-refractivity contribution is -0.140. The molecule has 0 bridgehead atoms. The number of benzene rings is 1. The fourth-order valence-electron chi connectivity index (χ4n) is 3.93. The summed E-state index contributed by atoms with van der Waals surface area (Å²) in [6.07, 6.45) is 5.84. The van der Waals surface area contributed by atoms with Gasteiger partial charge in [0.05, 0.1) is 12.1 Å². The van der Waals surface area contributed by atoms with Gasteiger partial charge in [-0.15, -0.1) is 0 Å². The van der Waals surface area contributed by atoms with Gasteiger partial charge in [-0.3, -0.25) is 14.4 Å². The van der Waals surface area contributed by atoms with Crippen molar-refractivity contribution >= 4 is 17.7 Å². The third-order valence-electron chi connectivity index (χ3n) is 5.63. The van der Waals surface area contributed by atoms with Crippen molar-refractivity contribution in [2.24, 2.45) is 5.92 Å². The van der Waals surface area contributed by atoms with Crippen LogP contribution in [0.1, 0.15) is 48.9 Å². The maximum Gasteiger partial charge on any atom is 0.254 e. The molecular formula is C21H28FN3O3. The highest BCUT2D eigenvalue weighted by molar-refractivity contribution is 5.96. The molecular weight excluding hydrogens is 361 g/mol. The van der Waals surface area contributed by atoms with E-state index in [1.807, 2.05) is 4.90 Å². The molecule has 2 aliphatic heterocycles. The summed E-state index contributed by atoms with van der Waals surface area (Å²) in [6, 6.07) is 5.68. The number of piperidine rings is 1. The van der Waals surface area contributed by atoms with Crippen molar-refractivity contribution in [3.8, 4) is 0 Å². The minimum Gasteiger partial charge on any atom is -0.343 e. The Balaban J connectivity index is 1.44. The van der Waals surface area contributed by atoms with Crippen LogP contribution in [-0.4, -0.2) is 60.2 Å². The molecule has 6 nitrogen and oxygen atoms in total. The number of halogens is 1. The van der Waals surface area contributed by atoms with E-state index in [0.29, 0.717) is 25.9 Å². The quantitative estimate of drug-likeness (QED) is 0.858. The van der Waals surface area contributed by atoms with Crippen LogP contribution in [0.25, 0.3) is 0 Å². The largest absolute Gasteiger partial charge is 0.343 e. The van der Waals surface area contributed by atoms with Crippen LogP contribution in [0, 0.1) is 11.7 Å². The van der Waals surface area contributed by atoms with Crippen molar-refractivity contribution < 1.29 is 18.8 Å². The second kappa shape index (κ2) is 9.66. The molecule has 1 aromatic rings. The molecule has 0 aliphatic carbocycles. The van der Waals surface area contributed by atoms with Crippen LogP contribution in [0.2, 0.25) is 0 Å². The molecule has 2 heterocycles. The van der Waals surface area contributed by atoms with E-state index in [0.717, 1.165) is 25.9 Å². The van der Waals surface area contributed by atoms with E-state index in [9.17, 15) is 18.8 Å². The number of carbonyl (C=O) groups excluding carboxylic acids is 3. The highest BCUT2D eigenvalue weighted by Crippen LogP contribution is 2.21. The number of hydrogen-bond acceptors (Lipinski definition) is 3. The van der Waals surface area contributed by atoms with E-state index in [2.05, 4.69) is 5.32 Å². The first kappa shape index (κ1) is 20.3. The van der Waals surface area contributed by atoms with E-state index in [-0.39, 0.29) is 29.8 Å². The Bertz CT molecular complexity index is 709. The van der Waals surface area contributed by atoms with E-state index >= 15 is 0 Å². The molecule has 1 aromatic carbocycles. The van der Waals surface area contributed by atoms with Crippen LogP contribution in [0.5, 0.6) is 0 Å². The van der Waals surface area contributed by atoms with Crippen molar-refractivity contribution in [3.63, 3.8) is 0 Å². The molecule has 0 spiro atoms. The summed E-state index contributed by atoms with van der Waals surface area (Å²) in [5.41, 5.74) is -0.0722. The number of carbonyl (C=O) groups is 3. The average Bonchev–Trinajstić information content (AvgIpc) is 3.01. The van der Waals surface area contributed by atoms with Gasteiger partial charge < -0.3 is 15.1 Å². The van der Waals surface area contributed by atoms with Gasteiger partial charge in [-0.25, -0.2) is 4.39 Å². The van der Waals surface area contributed by atoms with E-state index in [1.54, 1.807) is 11.0 Å². The maximum absolute atomic E-state index is 13.6. The Kier molecular flexibility index (Phi) is 7.01. The van der Waals surface area contributed by atoms with Crippen molar-refractivity contribution in [2.45, 2.75) is 38.5 Å². The summed E-state index contributed by atoms with van der Waals surface area (Å²) in [5, 5.41) is 2.48. The summed E-state index contributed by atoms with van der Waals surface area (Å²) >= 11 is 0. The van der Waals surface area contributed by atoms with Crippen LogP contribution in [0.3, 0.4) is 0 Å². The zero-order chi connectivity index (χ0) is 19.9. The number of rotatable bonds is 4. The normalized spacial score (nSPS) is 18.5. The third kappa shape index (κ3) is 5.09. The summed E-state index contributed by atoms with van der Waals surface area (Å²) < 4.78 is 13.6. The van der Waals surface area contributed by atoms with Crippen LogP contribution in [0.4, 0.5) is 4.39 Å². The molecule has 3 rings (SSSR count). The second-order valence-electron chi connectivity index (χ2n) is 7.56. The molecule has 3 amide bonds. The summed E-state index contributed by atoms with van der Waals surface area (Å²) in [4.78, 5) is 40.8. The Morgan fingerprint density at radius 1 is 0.929 bits per heavy atom. The third-order valence-corrected chi connectivity index (χ3v) is 5.63. The highest BCUT2D eigenvalue weighted by atomic mass is 19.1. The van der Waals surface area contributed by atoms with Gasteiger partial charge in [0.1, 0.15) is 5.82 Å². The second-order valence-corrected chi connectivity index (χ2v) is 7.56. The Labute approximate surface area is 165 Å². The van der Waals surface area contributed by atoms with Gasteiger partial charge in [0.25, 0.3) is 5.91 Å². The monoisotopic (exact) mass is 389 g/mol. The van der Waals surface area contributed by atoms with Gasteiger partial charge >= 0.3 is 0 Å². The Morgan fingerprint density at radius 3 is 2.21 bits per heavy atom. The van der Waals surface area contributed by atoms with Crippen LogP contribution in [0.15, 0.2) is 24.3 Å². The number of nitrogens with zero attached hydrogens (tertiary/aromatic N) is 2. The minimum absolute atomic E-state index is 0.0184. The standard InChI is InChI=1S/C21H28FN3O3/c22-18-8-4-3-7-17(18)20(27)23-15-19(26)24-13-9-16(10-14-24)21(28)25-11-5-1-2-6-12-25/h3-4,7-8,16H,1-2,5-6,9-15H2,(H,23,27). The number of amides is 3. The van der Waals surface area contributed by atoms with Crippen LogP contribution in [-0.2, 0) is 9.59 Å². The molecule has 2 aliphatic rings. The molecule has 2 saturated heterocycles. The van der Waals surface area contributed by atoms with Gasteiger partial charge in [0, 0.05) is 32.1 Å². The molecule has 152 valence electrons. The molecule has 2 fully saturated rings. The molecule has 0 atom stereocenters. The molecule has 7 heteroatoms. The van der Waals surface area contributed by atoms with Crippen molar-refractivity contribution in [2.75, 3.05) is 32.7 Å². The predicted octanol–water partition coefficient (Wildman–Crippen LogP) is 2.20. The van der Waals surface area contributed by atoms with Gasteiger partial charge in [-0.05, 0) is 37.8 Å². The molecule has 0 aromatic heterocycles. The lowest BCUT2D eigenvalue weighted by Gasteiger charge is -2.34. The molecule has 28 heavy (non-hydrogen) atoms. The van der Waals surface area contributed by atoms with Gasteiger partial charge in [0.15, 0.2) is 0 Å². The van der Waals surface area contributed by atoms with E-state index < -0.39 is 11.7 Å². The number of nitrogens with one attached hydrogen (secondary N) is 1. The summed E-state index contributed by atoms with van der Waals surface area (Å²) in [5.74, 6) is -1.21. The average molecular weight is 389 g/mol. The summed E-state index contributed by atoms with van der Waals surface area (Å²) in [7, 11) is 0. The van der Waals surface area contributed by atoms with Gasteiger partial charge in [-0.2, -0.15) is 0 Å². The zero-order valence-corrected chi connectivity index (χ0v) is 16.2. The predicted molar refractivity (Wildman–Crippen MR) is 103 cm³/mol. The topological polar surface area (TPSA) is 69.7 Å². The van der Waals surface area contributed by atoms with Crippen molar-refractivity contribution in [1.29, 1.82) is 0 Å². The van der Waals surface area contributed by atoms with Gasteiger partial charge in [-0.1, -0.05) is 25.0 Å². The smallest absolute Gasteiger partial charge is 0.254 e. The minimum atomic E-state index is -0.611. The number of hydrogen-bond donors (Lipinski definition) is 1. The van der Waals surface area contributed by atoms with E-state index in [4.69, 9.17) is 0 Å². The molecule has 0 unspecified atom stereocenters. The fraction of sp³-hybridized carbons (Fsp3) is 0.571. The van der Waals surface area contributed by atoms with Crippen molar-refractivity contribution in [3.05, 3.63) is 35.6 Å². The fourth-order valence-corrected chi connectivity index (χ4v) is 3.93. The molecule has 0 radical (unpaired) electrons. The van der Waals surface area contributed by atoms with Crippen molar-refractivity contribution in [1.82, 2.24) is 15.1 Å². The van der Waals surface area contributed by atoms with Crippen LogP contribution < -0.4 is 5.32 Å². The maximum atomic E-state index is 13.6. The highest BCUT2D eigenvalue weighted by Gasteiger charge is 2.30. The Hall–Kier alpha value is -2.44. The number of likely N-dealkylation sites (tertiary alicyclic amines) is 2. The first-order valence-corrected chi connectivity index (χ1v) is 10.2. The summed E-state index contributed by atoms with van der Waals surface area (Å²) in [6.45, 7) is 2.55. The van der Waals surface area contributed by atoms with Crippen LogP contribution >= 0.6 is 0 Å². The lowest BCUT2D eigenvalue weighted by Crippen LogP contribution is -2.47. The lowest BCUT2D eigenvalue weighted by atomic mass is 9.95. The van der Waals surface area contributed by atoms with Gasteiger partial charge in [0.2, 0.25) is 11.8 Å². The first-order valence-electron chi connectivity index (χ1n) is 10.2. The Morgan fingerprint density at radius 2 is 1.57 bits per heavy atom. The molecule has 0 saturated carbocycles.